The summed E-state index contributed by atoms with van der Waals surface area (Å²) in [6.45, 7) is 14.2. The minimum Gasteiger partial charge on any atom is -0.295 e. The molecule has 0 aromatic carbocycles. The Balaban J connectivity index is -0.0000000158. The quantitative estimate of drug-likeness (QED) is 0.252. The van der Waals surface area contributed by atoms with Gasteiger partial charge < -0.3 is 0 Å². The molecule has 4 nitrogen and oxygen atoms in total. The minimum atomic E-state index is -0.00694. The van der Waals surface area contributed by atoms with Crippen LogP contribution in [0.4, 0.5) is 0 Å². The second kappa shape index (κ2) is 70.0. The Morgan fingerprint density at radius 3 is 1.14 bits per heavy atom. The van der Waals surface area contributed by atoms with Gasteiger partial charge in [-0.15, -0.1) is 23.7 Å². The normalized spacial score (nSPS) is 4.97. The fraction of sp³-hybridized carbons (Fsp3) is 0.556. The van der Waals surface area contributed by atoms with Crippen LogP contribution in [0, 0.1) is 250 Å². The van der Waals surface area contributed by atoms with Gasteiger partial charge >= 0.3 is 0 Å². The third kappa shape index (κ3) is 86.9. The molecule has 0 atom stereocenters. The average molecular weight is 733 g/mol. The minimum absolute atomic E-state index is 0. The van der Waals surface area contributed by atoms with Crippen molar-refractivity contribution >= 4 is 11.7 Å². The van der Waals surface area contributed by atoms with Gasteiger partial charge in [0.25, 0.3) is 0 Å². The Morgan fingerprint density at radius 1 is 0.828 bits per heavy atom. The van der Waals surface area contributed by atoms with Gasteiger partial charge in [-0.1, -0.05) is 20.4 Å². The van der Waals surface area contributed by atoms with Gasteiger partial charge in [-0.3, -0.25) is 14.4 Å². The predicted octanol–water partition coefficient (Wildman–Crippen LogP) is 3.62. The van der Waals surface area contributed by atoms with Gasteiger partial charge in [-0.25, -0.2) is 5.06 Å². The predicted molar refractivity (Wildman–Crippen MR) is 93.8 cm³/mol. The Hall–Kier alpha value is 6.21. The maximum absolute atomic E-state index is 10.5. The van der Waals surface area contributed by atoms with Crippen molar-refractivity contribution in [3.05, 3.63) is 12.7 Å². The van der Waals surface area contributed by atoms with E-state index in [1.54, 1.807) is 14.0 Å². The van der Waals surface area contributed by atoms with E-state index >= 15 is 0 Å². The summed E-state index contributed by atoms with van der Waals surface area (Å²) in [4.78, 5) is 25.2. The molecule has 0 fully saturated rings. The summed E-state index contributed by atoms with van der Waals surface area (Å²) in [7, 11) is 3.05. The van der Waals surface area contributed by atoms with Crippen molar-refractivity contribution < 1.29 is 262 Å². The van der Waals surface area contributed by atoms with E-state index in [0.717, 1.165) is 0 Å². The average Bonchev–Trinajstić information content (AvgIpc) is 2.60. The van der Waals surface area contributed by atoms with Crippen LogP contribution in [0.15, 0.2) is 12.7 Å². The third-order valence-electron chi connectivity index (χ3n) is 2.00. The van der Waals surface area contributed by atoms with Crippen LogP contribution in [0.3, 0.4) is 0 Å². The molecule has 0 aliphatic heterocycles. The van der Waals surface area contributed by atoms with Gasteiger partial charge in [0.15, 0.2) is 5.78 Å². The molecule has 180 valence electrons. The summed E-state index contributed by atoms with van der Waals surface area (Å²) < 4.78 is 0. The van der Waals surface area contributed by atoms with Crippen molar-refractivity contribution in [2.75, 3.05) is 14.2 Å². The van der Waals surface area contributed by atoms with Crippen molar-refractivity contribution in [1.29, 1.82) is 0 Å². The van der Waals surface area contributed by atoms with Crippen LogP contribution in [-0.2, 0) is 35.5 Å². The Morgan fingerprint density at radius 2 is 1.10 bits per heavy atom. The van der Waals surface area contributed by atoms with Crippen molar-refractivity contribution in [1.82, 2.24) is 5.06 Å². The second-order valence-electron chi connectivity index (χ2n) is 3.45. The Labute approximate surface area is 374 Å². The topological polar surface area (TPSA) is 46.6 Å². The molecule has 11 heteroatoms. The summed E-state index contributed by atoms with van der Waals surface area (Å²) in [5, 5.41) is 1.21. The zero-order chi connectivity index (χ0) is 18.4. The summed E-state index contributed by atoms with van der Waals surface area (Å²) in [5.41, 5.74) is 0. The molecule has 0 unspecified atom stereocenters. The molecular weight excluding hydrogens is 702 g/mol. The van der Waals surface area contributed by atoms with Crippen molar-refractivity contribution in [2.24, 2.45) is 0 Å². The molecule has 0 aliphatic carbocycles. The number of hydrogen-bond donors (Lipinski definition) is 0. The summed E-state index contributed by atoms with van der Waals surface area (Å²) in [6, 6.07) is 0. The standard InChI is InChI=1S/C5H11NO2.C5H8O.2C4H6.6Ar.W/c1-4-5(7)6(2)8-3;1-3-5(6)4-2;2*1-3-4-2;;;;;;;/h4H2,1-3H3;3H,1,4H2,2H3;2*1-2H3;;;;;;;. The van der Waals surface area contributed by atoms with Gasteiger partial charge in [-0.05, 0) is 33.8 Å². The van der Waals surface area contributed by atoms with Crippen LogP contribution in [0.25, 0.3) is 0 Å². The van der Waals surface area contributed by atoms with Gasteiger partial charge in [0.1, 0.15) is 0 Å². The van der Waals surface area contributed by atoms with Gasteiger partial charge in [0, 0.05) is 267 Å². The van der Waals surface area contributed by atoms with Crippen LogP contribution in [0.1, 0.15) is 54.4 Å². The summed E-state index contributed by atoms with van der Waals surface area (Å²) >= 11 is 0. The molecule has 0 aromatic rings. The third-order valence-corrected chi connectivity index (χ3v) is 2.00. The van der Waals surface area contributed by atoms with Crippen LogP contribution in [0.2, 0.25) is 0 Å². The van der Waals surface area contributed by atoms with Crippen LogP contribution < -0.4 is 0 Å². The van der Waals surface area contributed by atoms with Crippen LogP contribution in [-0.4, -0.2) is 30.9 Å². The van der Waals surface area contributed by atoms with Gasteiger partial charge in [-0.2, -0.15) is 0 Å². The van der Waals surface area contributed by atoms with Crippen molar-refractivity contribution in [2.45, 2.75) is 54.4 Å². The number of amides is 1. The second-order valence-corrected chi connectivity index (χ2v) is 3.45. The SMILES string of the molecule is C=CC(=O)CC.CC#CC.CC#CC.CCC(=O)N(C)OC.[Ar].[Ar].[Ar].[Ar].[Ar].[Ar].[W]. The molecule has 0 saturated heterocycles. The first-order valence-corrected chi connectivity index (χ1v) is 6.99. The molecular formula is C18H31Ar6NO3W. The number of rotatable bonds is 4. The van der Waals surface area contributed by atoms with Gasteiger partial charge in [0.2, 0.25) is 5.91 Å². The molecule has 0 bridgehead atoms. The van der Waals surface area contributed by atoms with E-state index in [1.165, 1.54) is 18.2 Å². The zero-order valence-electron chi connectivity index (χ0n) is 17.9. The number of allylic oxidation sites excluding steroid dienone is 1. The van der Waals surface area contributed by atoms with E-state index < -0.39 is 0 Å². The molecule has 0 N–H and O–H groups in total. The first kappa shape index (κ1) is 70.3. The van der Waals surface area contributed by atoms with E-state index in [-0.39, 0.29) is 259 Å². The summed E-state index contributed by atoms with van der Waals surface area (Å²) in [5.74, 6) is 10.8. The molecule has 0 aromatic heterocycles. The monoisotopic (exact) mass is 733 g/mol. The number of ketones is 1. The molecule has 29 heavy (non-hydrogen) atoms. The first-order valence-electron chi connectivity index (χ1n) is 6.99. The first-order chi connectivity index (χ1) is 10.4. The summed E-state index contributed by atoms with van der Waals surface area (Å²) in [6.07, 6.45) is 2.40. The maximum Gasteiger partial charge on any atom is 0.245 e. The Kier molecular flexibility index (Phi) is 170. The Bertz CT molecular complexity index is 389. The zero-order valence-corrected chi connectivity index (χ0v) is 25.1. The largest absolute Gasteiger partial charge is 0.295 e. The fourth-order valence-electron chi connectivity index (χ4n) is 0.469. The van der Waals surface area contributed by atoms with Crippen LogP contribution in [0.5, 0.6) is 0 Å². The van der Waals surface area contributed by atoms with E-state index in [0.29, 0.717) is 12.8 Å². The van der Waals surface area contributed by atoms with E-state index in [9.17, 15) is 9.59 Å². The van der Waals surface area contributed by atoms with Gasteiger partial charge in [0.05, 0.1) is 7.11 Å². The van der Waals surface area contributed by atoms with Crippen molar-refractivity contribution in [3.63, 3.8) is 0 Å². The number of hydroxylamine groups is 2. The maximum atomic E-state index is 10.5. The van der Waals surface area contributed by atoms with E-state index in [2.05, 4.69) is 35.1 Å². The molecule has 0 radical (unpaired) electrons. The smallest absolute Gasteiger partial charge is 0.245 e. The molecule has 0 spiro atoms. The molecule has 0 aliphatic rings. The molecule has 0 heterocycles. The number of carbonyl (C=O) groups is 2. The number of nitrogens with zero attached hydrogens (tertiary/aromatic N) is 1. The number of hydrogen-bond acceptors (Lipinski definition) is 3. The number of carbonyl (C=O) groups excluding carboxylic acids is 2. The van der Waals surface area contributed by atoms with E-state index in [4.69, 9.17) is 0 Å². The van der Waals surface area contributed by atoms with Crippen molar-refractivity contribution in [3.8, 4) is 23.7 Å². The molecule has 0 rings (SSSR count). The van der Waals surface area contributed by atoms with Crippen LogP contribution >= 0.6 is 0 Å². The molecule has 0 saturated carbocycles. The van der Waals surface area contributed by atoms with E-state index in [1.807, 2.05) is 34.6 Å². The molecule has 1 amide bonds. The fourth-order valence-corrected chi connectivity index (χ4v) is 0.469.